The molecule has 100 valence electrons. The van der Waals surface area contributed by atoms with Crippen LogP contribution in [0.5, 0.6) is 5.75 Å². The average molecular weight is 310 g/mol. The van der Waals surface area contributed by atoms with Crippen LogP contribution in [-0.2, 0) is 10.0 Å². The van der Waals surface area contributed by atoms with Crippen LogP contribution >= 0.6 is 23.2 Å². The smallest absolute Gasteiger partial charge is 0.239 e. The minimum Gasteiger partial charge on any atom is -0.488 e. The van der Waals surface area contributed by atoms with Crippen molar-refractivity contribution in [1.82, 2.24) is 0 Å². The summed E-state index contributed by atoms with van der Waals surface area (Å²) >= 11 is 11.7. The summed E-state index contributed by atoms with van der Waals surface area (Å²) in [6, 6.07) is 2.50. The first-order chi connectivity index (χ1) is 8.25. The van der Waals surface area contributed by atoms with E-state index in [2.05, 4.69) is 6.58 Å². The molecule has 0 spiro atoms. The van der Waals surface area contributed by atoms with Crippen molar-refractivity contribution in [3.8, 4) is 5.75 Å². The maximum Gasteiger partial charge on any atom is 0.239 e. The van der Waals surface area contributed by atoms with E-state index < -0.39 is 10.0 Å². The van der Waals surface area contributed by atoms with Gasteiger partial charge in [-0.3, -0.25) is 0 Å². The van der Waals surface area contributed by atoms with Gasteiger partial charge in [0.15, 0.2) is 0 Å². The zero-order valence-electron chi connectivity index (χ0n) is 9.74. The zero-order chi connectivity index (χ0) is 13.9. The third kappa shape index (κ3) is 3.88. The highest BCUT2D eigenvalue weighted by Gasteiger charge is 2.16. The lowest BCUT2D eigenvalue weighted by molar-refractivity contribution is 0.349. The number of halogens is 2. The van der Waals surface area contributed by atoms with E-state index >= 15 is 0 Å². The van der Waals surface area contributed by atoms with Gasteiger partial charge in [0.2, 0.25) is 10.0 Å². The third-order valence-electron chi connectivity index (χ3n) is 2.22. The standard InChI is InChI=1S/C11H13Cl2NO3S/c1-3-7(2)6-17-10-4-9(13)11(5-8(10)12)18(14,15)16/h4-5H,2-3,6H2,1H3,(H2,14,15,16). The van der Waals surface area contributed by atoms with E-state index in [1.54, 1.807) is 0 Å². The summed E-state index contributed by atoms with van der Waals surface area (Å²) in [6.45, 7) is 6.02. The van der Waals surface area contributed by atoms with Crippen LogP contribution in [0.2, 0.25) is 10.0 Å². The number of hydrogen-bond acceptors (Lipinski definition) is 3. The molecule has 4 nitrogen and oxygen atoms in total. The van der Waals surface area contributed by atoms with Gasteiger partial charge in [-0.2, -0.15) is 0 Å². The first kappa shape index (κ1) is 15.3. The van der Waals surface area contributed by atoms with Crippen LogP contribution in [0.1, 0.15) is 13.3 Å². The van der Waals surface area contributed by atoms with Crippen molar-refractivity contribution in [2.75, 3.05) is 6.61 Å². The van der Waals surface area contributed by atoms with E-state index in [9.17, 15) is 8.42 Å². The molecule has 18 heavy (non-hydrogen) atoms. The quantitative estimate of drug-likeness (QED) is 0.850. The van der Waals surface area contributed by atoms with Crippen LogP contribution < -0.4 is 9.88 Å². The van der Waals surface area contributed by atoms with E-state index in [0.29, 0.717) is 12.4 Å². The molecule has 0 amide bonds. The number of benzene rings is 1. The van der Waals surface area contributed by atoms with E-state index in [0.717, 1.165) is 12.0 Å². The molecule has 0 heterocycles. The van der Waals surface area contributed by atoms with E-state index in [1.165, 1.54) is 12.1 Å². The average Bonchev–Trinajstić information content (AvgIpc) is 2.27. The van der Waals surface area contributed by atoms with Gasteiger partial charge in [-0.05, 0) is 18.1 Å². The van der Waals surface area contributed by atoms with Gasteiger partial charge in [-0.1, -0.05) is 36.7 Å². The summed E-state index contributed by atoms with van der Waals surface area (Å²) in [5, 5.41) is 5.10. The number of sulfonamides is 1. The van der Waals surface area contributed by atoms with Gasteiger partial charge < -0.3 is 4.74 Å². The molecule has 0 atom stereocenters. The predicted molar refractivity (Wildman–Crippen MR) is 72.8 cm³/mol. The van der Waals surface area contributed by atoms with Gasteiger partial charge in [0.05, 0.1) is 10.0 Å². The van der Waals surface area contributed by atoms with Crippen LogP contribution in [0.3, 0.4) is 0 Å². The fourth-order valence-electron chi connectivity index (χ4n) is 1.12. The third-order valence-corrected chi connectivity index (χ3v) is 3.90. The molecule has 0 aliphatic heterocycles. The summed E-state index contributed by atoms with van der Waals surface area (Å²) in [5.41, 5.74) is 0.887. The fraction of sp³-hybridized carbons (Fsp3) is 0.273. The number of nitrogens with two attached hydrogens (primary N) is 1. The molecule has 1 aromatic rings. The number of rotatable bonds is 5. The second-order valence-corrected chi connectivity index (χ2v) is 5.99. The topological polar surface area (TPSA) is 69.4 Å². The summed E-state index contributed by atoms with van der Waals surface area (Å²) in [7, 11) is -3.90. The molecule has 2 N–H and O–H groups in total. The molecule has 0 radical (unpaired) electrons. The van der Waals surface area contributed by atoms with Gasteiger partial charge in [-0.15, -0.1) is 0 Å². The first-order valence-corrected chi connectivity index (χ1v) is 7.37. The Bertz CT molecular complexity index is 570. The molecule has 0 saturated heterocycles. The summed E-state index contributed by atoms with van der Waals surface area (Å²) < 4.78 is 27.8. The Morgan fingerprint density at radius 2 is 2.00 bits per heavy atom. The normalized spacial score (nSPS) is 11.3. The Morgan fingerprint density at radius 3 is 2.50 bits per heavy atom. The second-order valence-electron chi connectivity index (χ2n) is 3.65. The van der Waals surface area contributed by atoms with Crippen LogP contribution in [0, 0.1) is 0 Å². The van der Waals surface area contributed by atoms with Crippen molar-refractivity contribution in [2.24, 2.45) is 5.14 Å². The predicted octanol–water partition coefficient (Wildman–Crippen LogP) is 2.99. The second kappa shape index (κ2) is 5.93. The van der Waals surface area contributed by atoms with Crippen LogP contribution in [0.4, 0.5) is 0 Å². The van der Waals surface area contributed by atoms with Gasteiger partial charge >= 0.3 is 0 Å². The molecule has 0 aliphatic carbocycles. The molecular weight excluding hydrogens is 297 g/mol. The molecular formula is C11H13Cl2NO3S. The van der Waals surface area contributed by atoms with Crippen LogP contribution in [0.15, 0.2) is 29.2 Å². The highest BCUT2D eigenvalue weighted by atomic mass is 35.5. The largest absolute Gasteiger partial charge is 0.488 e. The number of ether oxygens (including phenoxy) is 1. The Balaban J connectivity index is 3.05. The molecule has 0 fully saturated rings. The maximum absolute atomic E-state index is 11.2. The molecule has 0 aliphatic rings. The Kier molecular flexibility index (Phi) is 5.04. The number of hydrogen-bond donors (Lipinski definition) is 1. The van der Waals surface area contributed by atoms with Crippen LogP contribution in [-0.4, -0.2) is 15.0 Å². The first-order valence-electron chi connectivity index (χ1n) is 5.07. The summed E-state index contributed by atoms with van der Waals surface area (Å²) in [5.74, 6) is 0.295. The van der Waals surface area contributed by atoms with Crippen molar-refractivity contribution >= 4 is 33.2 Å². The van der Waals surface area contributed by atoms with Crippen molar-refractivity contribution < 1.29 is 13.2 Å². The van der Waals surface area contributed by atoms with Gasteiger partial charge in [-0.25, -0.2) is 13.6 Å². The zero-order valence-corrected chi connectivity index (χ0v) is 12.1. The molecule has 0 aromatic heterocycles. The summed E-state index contributed by atoms with van der Waals surface area (Å²) in [4.78, 5) is -0.226. The molecule has 1 aromatic carbocycles. The van der Waals surface area contributed by atoms with Crippen molar-refractivity contribution in [2.45, 2.75) is 18.2 Å². The lowest BCUT2D eigenvalue weighted by Gasteiger charge is -2.11. The Morgan fingerprint density at radius 1 is 1.39 bits per heavy atom. The van der Waals surface area contributed by atoms with Gasteiger partial charge in [0, 0.05) is 6.07 Å². The minimum atomic E-state index is -3.90. The Hall–Kier alpha value is -0.750. The highest BCUT2D eigenvalue weighted by molar-refractivity contribution is 7.89. The van der Waals surface area contributed by atoms with Gasteiger partial charge in [0.1, 0.15) is 17.3 Å². The van der Waals surface area contributed by atoms with Crippen molar-refractivity contribution in [1.29, 1.82) is 0 Å². The molecule has 0 saturated carbocycles. The van der Waals surface area contributed by atoms with E-state index in [-0.39, 0.29) is 14.9 Å². The fourth-order valence-corrected chi connectivity index (χ4v) is 2.49. The molecule has 7 heteroatoms. The molecule has 0 unspecified atom stereocenters. The maximum atomic E-state index is 11.2. The van der Waals surface area contributed by atoms with Crippen molar-refractivity contribution in [3.63, 3.8) is 0 Å². The summed E-state index contributed by atoms with van der Waals surface area (Å²) in [6.07, 6.45) is 0.778. The van der Waals surface area contributed by atoms with Crippen molar-refractivity contribution in [3.05, 3.63) is 34.3 Å². The number of primary sulfonamides is 1. The monoisotopic (exact) mass is 309 g/mol. The molecule has 1 rings (SSSR count). The SMILES string of the molecule is C=C(CC)COc1cc(Cl)c(S(N)(=O)=O)cc1Cl. The minimum absolute atomic E-state index is 0.0287. The lowest BCUT2D eigenvalue weighted by atomic mass is 10.2. The molecule has 0 bridgehead atoms. The van der Waals surface area contributed by atoms with E-state index in [1.807, 2.05) is 6.92 Å². The van der Waals surface area contributed by atoms with Crippen LogP contribution in [0.25, 0.3) is 0 Å². The Labute approximate surface area is 116 Å². The lowest BCUT2D eigenvalue weighted by Crippen LogP contribution is -2.13. The van der Waals surface area contributed by atoms with E-state index in [4.69, 9.17) is 33.1 Å². The van der Waals surface area contributed by atoms with Gasteiger partial charge in [0.25, 0.3) is 0 Å². The highest BCUT2D eigenvalue weighted by Crippen LogP contribution is 2.33.